The lowest BCUT2D eigenvalue weighted by atomic mass is 10.0. The van der Waals surface area contributed by atoms with E-state index in [1.54, 1.807) is 0 Å². The van der Waals surface area contributed by atoms with Gasteiger partial charge in [0.15, 0.2) is 0 Å². The first-order valence-corrected chi connectivity index (χ1v) is 17.3. The second-order valence-electron chi connectivity index (χ2n) is 9.21. The Hall–Kier alpha value is -1.12. The molecule has 0 radical (unpaired) electrons. The summed E-state index contributed by atoms with van der Waals surface area (Å²) < 4.78 is 86.0. The van der Waals surface area contributed by atoms with E-state index >= 15 is 0 Å². The van der Waals surface area contributed by atoms with Crippen molar-refractivity contribution in [3.63, 3.8) is 0 Å². The molecule has 0 saturated carbocycles. The molecule has 0 unspecified atom stereocenters. The average molecular weight is 613 g/mol. The number of hydrogen-bond donors (Lipinski definition) is 2. The Balaban J connectivity index is 0.000000774. The highest BCUT2D eigenvalue weighted by Gasteiger charge is 2.73. The van der Waals surface area contributed by atoms with Crippen LogP contribution < -0.4 is 0 Å². The van der Waals surface area contributed by atoms with Crippen LogP contribution in [0.5, 0.6) is 0 Å². The van der Waals surface area contributed by atoms with Crippen LogP contribution in [0.3, 0.4) is 0 Å². The van der Waals surface area contributed by atoms with Gasteiger partial charge >= 0.3 is 30.5 Å². The van der Waals surface area contributed by atoms with Crippen molar-refractivity contribution < 1.29 is 44.9 Å². The minimum atomic E-state index is -5.37. The van der Waals surface area contributed by atoms with Crippen molar-refractivity contribution in [3.8, 4) is 0 Å². The molecular weight excluding hydrogens is 560 g/mol. The third-order valence-electron chi connectivity index (χ3n) is 6.05. The largest absolute Gasteiger partial charge is 0.374 e. The molecule has 1 aromatic rings. The molecule has 0 aliphatic rings. The molecule has 0 aliphatic carbocycles. The second kappa shape index (κ2) is 20.7. The molecule has 0 atom stereocenters. The fourth-order valence-corrected chi connectivity index (χ4v) is 6.84. The molecular formula is C28H52O10S2. The first kappa shape index (κ1) is 38.9. The molecule has 40 heavy (non-hydrogen) atoms. The van der Waals surface area contributed by atoms with Gasteiger partial charge in [-0.25, -0.2) is 0 Å². The molecule has 12 heteroatoms. The summed E-state index contributed by atoms with van der Waals surface area (Å²) in [7, 11) is -10.7. The predicted molar refractivity (Wildman–Crippen MR) is 157 cm³/mol. The predicted octanol–water partition coefficient (Wildman–Crippen LogP) is 6.37. The Kier molecular flexibility index (Phi) is 20.1. The van der Waals surface area contributed by atoms with Crippen LogP contribution in [0.25, 0.3) is 0 Å². The van der Waals surface area contributed by atoms with Crippen LogP contribution in [0.1, 0.15) is 104 Å². The second-order valence-corrected chi connectivity index (χ2v) is 12.2. The van der Waals surface area contributed by atoms with E-state index in [1.165, 1.54) is 104 Å². The number of ether oxygens (including phenoxy) is 4. The van der Waals surface area contributed by atoms with Gasteiger partial charge in [0.2, 0.25) is 0 Å². The average Bonchev–Trinajstić information content (AvgIpc) is 2.89. The normalized spacial score (nSPS) is 12.7. The van der Waals surface area contributed by atoms with Crippen molar-refractivity contribution in [2.75, 3.05) is 26.4 Å². The number of aryl methyl sites for hydroxylation is 1. The van der Waals surface area contributed by atoms with E-state index in [-0.39, 0.29) is 0 Å². The van der Waals surface area contributed by atoms with E-state index < -0.39 is 56.9 Å². The van der Waals surface area contributed by atoms with Gasteiger partial charge in [-0.2, -0.15) is 16.8 Å². The van der Waals surface area contributed by atoms with Gasteiger partial charge in [0, 0.05) is 26.4 Å². The molecule has 0 aromatic heterocycles. The Bertz CT molecular complexity index is 904. The summed E-state index contributed by atoms with van der Waals surface area (Å²) in [6.07, 6.45) is 15.5. The third-order valence-corrected chi connectivity index (χ3v) is 8.55. The molecule has 0 bridgehead atoms. The number of hydrogen-bond acceptors (Lipinski definition) is 8. The zero-order chi connectivity index (χ0) is 30.5. The highest BCUT2D eigenvalue weighted by atomic mass is 32.2. The van der Waals surface area contributed by atoms with Crippen LogP contribution >= 0.6 is 0 Å². The summed E-state index contributed by atoms with van der Waals surface area (Å²) >= 11 is 0. The van der Waals surface area contributed by atoms with Gasteiger partial charge in [0.1, 0.15) is 0 Å². The lowest BCUT2D eigenvalue weighted by molar-refractivity contribution is -0.334. The smallest absolute Gasteiger partial charge is 0.331 e. The van der Waals surface area contributed by atoms with Crippen molar-refractivity contribution in [3.05, 3.63) is 35.9 Å². The van der Waals surface area contributed by atoms with Crippen LogP contribution in [-0.4, -0.2) is 62.6 Å². The molecule has 236 valence electrons. The zero-order valence-electron chi connectivity index (χ0n) is 25.0. The highest BCUT2D eigenvalue weighted by Crippen LogP contribution is 2.41. The van der Waals surface area contributed by atoms with Crippen LogP contribution in [0, 0.1) is 0 Å². The highest BCUT2D eigenvalue weighted by molar-refractivity contribution is 7.91. The van der Waals surface area contributed by atoms with Crippen LogP contribution in [-0.2, 0) is 45.6 Å². The summed E-state index contributed by atoms with van der Waals surface area (Å²) in [6.45, 7) is 6.02. The molecule has 0 heterocycles. The monoisotopic (exact) mass is 612 g/mol. The Morgan fingerprint density at radius 2 is 0.875 bits per heavy atom. The molecule has 0 fully saturated rings. The standard InChI is InChI=1S/C18H30.C10H22O10S2/c1-2-3-4-5-6-7-8-9-10-12-15-18-16-13-11-14-17-18;1-5-17-9(18-6-2,21(11,12)13)10(19-7-3,20-8-4)22(14,15)16/h11,13-14,16-17H,2-10,12,15H2,1H3;5-8H2,1-4H3,(H,11,12,13)(H,14,15,16). The van der Waals surface area contributed by atoms with E-state index in [9.17, 15) is 25.9 Å². The summed E-state index contributed by atoms with van der Waals surface area (Å²) in [6, 6.07) is 10.9. The molecule has 1 rings (SSSR count). The van der Waals surface area contributed by atoms with Gasteiger partial charge in [-0.15, -0.1) is 0 Å². The number of benzene rings is 1. The maximum absolute atomic E-state index is 11.8. The van der Waals surface area contributed by atoms with Gasteiger partial charge in [0.05, 0.1) is 0 Å². The zero-order valence-corrected chi connectivity index (χ0v) is 26.6. The van der Waals surface area contributed by atoms with E-state index in [2.05, 4.69) is 37.3 Å². The lowest BCUT2D eigenvalue weighted by Crippen LogP contribution is -2.68. The van der Waals surface area contributed by atoms with E-state index in [0.29, 0.717) is 0 Å². The van der Waals surface area contributed by atoms with E-state index in [1.807, 2.05) is 0 Å². The van der Waals surface area contributed by atoms with Crippen LogP contribution in [0.15, 0.2) is 30.3 Å². The lowest BCUT2D eigenvalue weighted by Gasteiger charge is -2.42. The molecule has 0 amide bonds. The minimum Gasteiger partial charge on any atom is -0.331 e. The van der Waals surface area contributed by atoms with Gasteiger partial charge in [-0.1, -0.05) is 95.0 Å². The van der Waals surface area contributed by atoms with Gasteiger partial charge < -0.3 is 18.9 Å². The first-order valence-electron chi connectivity index (χ1n) is 14.5. The Morgan fingerprint density at radius 3 is 1.18 bits per heavy atom. The summed E-state index contributed by atoms with van der Waals surface area (Å²) in [4.78, 5) is 0. The molecule has 10 nitrogen and oxygen atoms in total. The summed E-state index contributed by atoms with van der Waals surface area (Å²) in [5, 5.41) is -6.63. The quantitative estimate of drug-likeness (QED) is 0.0861. The van der Waals surface area contributed by atoms with Crippen molar-refractivity contribution >= 4 is 20.2 Å². The summed E-state index contributed by atoms with van der Waals surface area (Å²) in [5.74, 6) is 0. The fraction of sp³-hybridized carbons (Fsp3) is 0.786. The van der Waals surface area contributed by atoms with Crippen LogP contribution in [0.4, 0.5) is 0 Å². The van der Waals surface area contributed by atoms with Crippen molar-refractivity contribution in [2.24, 2.45) is 0 Å². The minimum absolute atomic E-state index is 0.392. The first-order chi connectivity index (χ1) is 18.9. The SMILES string of the molecule is CCCCCCCCCCCCc1ccccc1.CCOC(OCC)(C(OCC)(OCC)S(=O)(=O)O)S(=O)(=O)O. The van der Waals surface area contributed by atoms with Crippen molar-refractivity contribution in [2.45, 2.75) is 115 Å². The third kappa shape index (κ3) is 12.4. The Labute approximate surface area is 242 Å². The topological polar surface area (TPSA) is 146 Å². The van der Waals surface area contributed by atoms with Gasteiger partial charge in [0.25, 0.3) is 0 Å². The number of rotatable bonds is 22. The van der Waals surface area contributed by atoms with Gasteiger partial charge in [-0.3, -0.25) is 9.11 Å². The molecule has 0 spiro atoms. The van der Waals surface area contributed by atoms with E-state index in [0.717, 1.165) is 0 Å². The molecule has 2 N–H and O–H groups in total. The maximum Gasteiger partial charge on any atom is 0.374 e. The van der Waals surface area contributed by atoms with Gasteiger partial charge in [-0.05, 0) is 46.1 Å². The molecule has 1 aromatic carbocycles. The Morgan fingerprint density at radius 1 is 0.550 bits per heavy atom. The van der Waals surface area contributed by atoms with Crippen LogP contribution in [0.2, 0.25) is 0 Å². The van der Waals surface area contributed by atoms with Crippen molar-refractivity contribution in [1.29, 1.82) is 0 Å². The van der Waals surface area contributed by atoms with E-state index in [4.69, 9.17) is 18.9 Å². The van der Waals surface area contributed by atoms with Crippen molar-refractivity contribution in [1.82, 2.24) is 0 Å². The number of unbranched alkanes of at least 4 members (excludes halogenated alkanes) is 9. The maximum atomic E-state index is 11.8. The summed E-state index contributed by atoms with van der Waals surface area (Å²) in [5.41, 5.74) is 1.50. The molecule has 0 aliphatic heterocycles. The molecule has 0 saturated heterocycles. The fourth-order valence-electron chi connectivity index (χ4n) is 4.27.